The van der Waals surface area contributed by atoms with Crippen molar-refractivity contribution in [3.05, 3.63) is 42.2 Å². The summed E-state index contributed by atoms with van der Waals surface area (Å²) in [6, 6.07) is 10.1. The lowest BCUT2D eigenvalue weighted by Gasteiger charge is -2.33. The standard InChI is InChI=1S/C19H25N3O2/c1-3-21(15-10-6-4-7-11-15)19(23)18-17(24-2)14-22(20-18)16-12-8-5-9-13-16/h5,8-9,12-15H,3-4,6-7,10-11H2,1-2H3. The maximum Gasteiger partial charge on any atom is 0.278 e. The average molecular weight is 327 g/mol. The average Bonchev–Trinajstić information content (AvgIpc) is 3.08. The molecule has 2 aromatic rings. The fraction of sp³-hybridized carbons (Fsp3) is 0.474. The Kier molecular flexibility index (Phi) is 5.18. The van der Waals surface area contributed by atoms with E-state index in [0.717, 1.165) is 18.5 Å². The largest absolute Gasteiger partial charge is 0.493 e. The first kappa shape index (κ1) is 16.6. The Balaban J connectivity index is 1.89. The minimum Gasteiger partial charge on any atom is -0.493 e. The summed E-state index contributed by atoms with van der Waals surface area (Å²) < 4.78 is 7.13. The van der Waals surface area contributed by atoms with E-state index in [0.29, 0.717) is 24.0 Å². The Hall–Kier alpha value is -2.30. The minimum atomic E-state index is -0.0315. The molecule has 24 heavy (non-hydrogen) atoms. The molecule has 5 heteroatoms. The molecule has 128 valence electrons. The normalized spacial score (nSPS) is 15.2. The zero-order valence-electron chi connectivity index (χ0n) is 14.4. The predicted molar refractivity (Wildman–Crippen MR) is 93.7 cm³/mol. The van der Waals surface area contributed by atoms with Gasteiger partial charge in [-0.3, -0.25) is 4.79 Å². The lowest BCUT2D eigenvalue weighted by atomic mass is 9.94. The van der Waals surface area contributed by atoms with Gasteiger partial charge in [0, 0.05) is 12.6 Å². The second-order valence-corrected chi connectivity index (χ2v) is 6.21. The summed E-state index contributed by atoms with van der Waals surface area (Å²) in [5, 5.41) is 4.52. The highest BCUT2D eigenvalue weighted by molar-refractivity contribution is 5.95. The van der Waals surface area contributed by atoms with Crippen molar-refractivity contribution in [1.82, 2.24) is 14.7 Å². The summed E-state index contributed by atoms with van der Waals surface area (Å²) in [6.07, 6.45) is 7.61. The van der Waals surface area contributed by atoms with E-state index in [2.05, 4.69) is 5.10 Å². The van der Waals surface area contributed by atoms with Gasteiger partial charge >= 0.3 is 0 Å². The quantitative estimate of drug-likeness (QED) is 0.842. The van der Waals surface area contributed by atoms with Crippen molar-refractivity contribution in [3.63, 3.8) is 0 Å². The van der Waals surface area contributed by atoms with Gasteiger partial charge in [0.1, 0.15) is 0 Å². The summed E-state index contributed by atoms with van der Waals surface area (Å²) in [6.45, 7) is 2.73. The molecule has 0 radical (unpaired) electrons. The van der Waals surface area contributed by atoms with E-state index in [1.807, 2.05) is 42.2 Å². The Labute approximate surface area is 143 Å². The molecule has 0 bridgehead atoms. The SMILES string of the molecule is CCN(C(=O)c1nn(-c2ccccc2)cc1OC)C1CCCCC1. The van der Waals surface area contributed by atoms with Gasteiger partial charge in [0.15, 0.2) is 11.4 Å². The van der Waals surface area contributed by atoms with Crippen LogP contribution in [0.15, 0.2) is 36.5 Å². The summed E-state index contributed by atoms with van der Waals surface area (Å²) in [4.78, 5) is 15.0. The Morgan fingerprint density at radius 2 is 1.96 bits per heavy atom. The molecule has 0 unspecified atom stereocenters. The Morgan fingerprint density at radius 3 is 2.58 bits per heavy atom. The molecule has 1 aromatic carbocycles. The second kappa shape index (κ2) is 7.51. The van der Waals surface area contributed by atoms with E-state index in [9.17, 15) is 4.79 Å². The number of rotatable bonds is 5. The van der Waals surface area contributed by atoms with Crippen LogP contribution in [-0.4, -0.2) is 40.3 Å². The minimum absolute atomic E-state index is 0.0315. The fourth-order valence-electron chi connectivity index (χ4n) is 3.46. The van der Waals surface area contributed by atoms with Gasteiger partial charge in [-0.05, 0) is 31.9 Å². The number of benzene rings is 1. The van der Waals surface area contributed by atoms with Crippen molar-refractivity contribution in [2.45, 2.75) is 45.1 Å². The van der Waals surface area contributed by atoms with Crippen LogP contribution in [0.2, 0.25) is 0 Å². The fourth-order valence-corrected chi connectivity index (χ4v) is 3.46. The van der Waals surface area contributed by atoms with E-state index in [4.69, 9.17) is 4.74 Å². The number of aromatic nitrogens is 2. The van der Waals surface area contributed by atoms with Crippen molar-refractivity contribution >= 4 is 5.91 Å². The summed E-state index contributed by atoms with van der Waals surface area (Å²) in [5.41, 5.74) is 1.31. The number of hydrogen-bond acceptors (Lipinski definition) is 3. The molecule has 1 saturated carbocycles. The van der Waals surface area contributed by atoms with Crippen molar-refractivity contribution in [1.29, 1.82) is 0 Å². The van der Waals surface area contributed by atoms with Gasteiger partial charge in [-0.25, -0.2) is 4.68 Å². The van der Waals surface area contributed by atoms with Crippen LogP contribution in [0.1, 0.15) is 49.5 Å². The third-order valence-electron chi connectivity index (χ3n) is 4.74. The van der Waals surface area contributed by atoms with Gasteiger partial charge in [-0.15, -0.1) is 0 Å². The van der Waals surface area contributed by atoms with Gasteiger partial charge in [0.2, 0.25) is 0 Å². The number of amides is 1. The monoisotopic (exact) mass is 327 g/mol. The van der Waals surface area contributed by atoms with Crippen LogP contribution in [0.4, 0.5) is 0 Å². The van der Waals surface area contributed by atoms with Gasteiger partial charge in [0.05, 0.1) is 19.0 Å². The smallest absolute Gasteiger partial charge is 0.278 e. The van der Waals surface area contributed by atoms with Gasteiger partial charge < -0.3 is 9.64 Å². The topological polar surface area (TPSA) is 47.4 Å². The molecule has 1 heterocycles. The number of nitrogens with zero attached hydrogens (tertiary/aromatic N) is 3. The Morgan fingerprint density at radius 1 is 1.25 bits per heavy atom. The maximum atomic E-state index is 13.1. The third-order valence-corrected chi connectivity index (χ3v) is 4.74. The molecule has 0 saturated heterocycles. The lowest BCUT2D eigenvalue weighted by molar-refractivity contribution is 0.0638. The number of carbonyl (C=O) groups excluding carboxylic acids is 1. The number of ether oxygens (including phenoxy) is 1. The molecule has 0 atom stereocenters. The van der Waals surface area contributed by atoms with Gasteiger partial charge in [-0.2, -0.15) is 5.10 Å². The molecule has 0 spiro atoms. The van der Waals surface area contributed by atoms with Crippen LogP contribution < -0.4 is 4.74 Å². The molecular weight excluding hydrogens is 302 g/mol. The maximum absolute atomic E-state index is 13.1. The number of para-hydroxylation sites is 1. The molecule has 1 aliphatic carbocycles. The van der Waals surface area contributed by atoms with Crippen molar-refractivity contribution in [2.75, 3.05) is 13.7 Å². The van der Waals surface area contributed by atoms with Crippen LogP contribution in [-0.2, 0) is 0 Å². The zero-order valence-corrected chi connectivity index (χ0v) is 14.4. The molecule has 1 amide bonds. The van der Waals surface area contributed by atoms with Crippen molar-refractivity contribution in [2.24, 2.45) is 0 Å². The van der Waals surface area contributed by atoms with E-state index in [1.54, 1.807) is 18.0 Å². The first-order chi connectivity index (χ1) is 11.7. The molecule has 1 fully saturated rings. The van der Waals surface area contributed by atoms with E-state index >= 15 is 0 Å². The molecule has 0 aliphatic heterocycles. The number of hydrogen-bond donors (Lipinski definition) is 0. The van der Waals surface area contributed by atoms with Crippen LogP contribution in [0.3, 0.4) is 0 Å². The van der Waals surface area contributed by atoms with E-state index < -0.39 is 0 Å². The Bertz CT molecular complexity index is 675. The van der Waals surface area contributed by atoms with Crippen molar-refractivity contribution < 1.29 is 9.53 Å². The van der Waals surface area contributed by atoms with Gasteiger partial charge in [-0.1, -0.05) is 37.5 Å². The highest BCUT2D eigenvalue weighted by Gasteiger charge is 2.29. The van der Waals surface area contributed by atoms with Gasteiger partial charge in [0.25, 0.3) is 5.91 Å². The second-order valence-electron chi connectivity index (χ2n) is 6.21. The highest BCUT2D eigenvalue weighted by atomic mass is 16.5. The highest BCUT2D eigenvalue weighted by Crippen LogP contribution is 2.26. The van der Waals surface area contributed by atoms with Crippen LogP contribution in [0.5, 0.6) is 5.75 Å². The van der Waals surface area contributed by atoms with E-state index in [1.165, 1.54) is 19.3 Å². The van der Waals surface area contributed by atoms with Crippen LogP contribution in [0.25, 0.3) is 5.69 Å². The van der Waals surface area contributed by atoms with E-state index in [-0.39, 0.29) is 5.91 Å². The molecule has 0 N–H and O–H groups in total. The zero-order chi connectivity index (χ0) is 16.9. The summed E-state index contributed by atoms with van der Waals surface area (Å²) >= 11 is 0. The molecule has 3 rings (SSSR count). The van der Waals surface area contributed by atoms with Crippen molar-refractivity contribution in [3.8, 4) is 11.4 Å². The molecular formula is C19H25N3O2. The summed E-state index contributed by atoms with van der Waals surface area (Å²) in [5.74, 6) is 0.494. The number of carbonyl (C=O) groups is 1. The lowest BCUT2D eigenvalue weighted by Crippen LogP contribution is -2.41. The molecule has 1 aliphatic rings. The predicted octanol–water partition coefficient (Wildman–Crippen LogP) is 3.68. The first-order valence-electron chi connectivity index (χ1n) is 8.74. The van der Waals surface area contributed by atoms with Crippen LogP contribution in [0, 0.1) is 0 Å². The van der Waals surface area contributed by atoms with Crippen LogP contribution >= 0.6 is 0 Å². The number of methoxy groups -OCH3 is 1. The third kappa shape index (κ3) is 3.30. The molecule has 5 nitrogen and oxygen atoms in total. The molecule has 1 aromatic heterocycles. The summed E-state index contributed by atoms with van der Waals surface area (Å²) in [7, 11) is 1.58. The first-order valence-corrected chi connectivity index (χ1v) is 8.74.